The van der Waals surface area contributed by atoms with E-state index in [-0.39, 0.29) is 43.5 Å². The molecule has 2 atom stereocenters. The second-order valence-corrected chi connectivity index (χ2v) is 12.5. The summed E-state index contributed by atoms with van der Waals surface area (Å²) in [6.07, 6.45) is -0.353. The van der Waals surface area contributed by atoms with Crippen molar-refractivity contribution in [2.24, 2.45) is 5.41 Å². The molecule has 1 aliphatic rings. The van der Waals surface area contributed by atoms with Gasteiger partial charge in [0.2, 0.25) is 5.78 Å². The van der Waals surface area contributed by atoms with Gasteiger partial charge in [-0.15, -0.1) is 11.3 Å². The summed E-state index contributed by atoms with van der Waals surface area (Å²) in [5.74, 6) is -0.882. The summed E-state index contributed by atoms with van der Waals surface area (Å²) in [5.41, 5.74) is -0.706. The molecule has 1 saturated heterocycles. The van der Waals surface area contributed by atoms with Crippen LogP contribution in [0.1, 0.15) is 55.4 Å². The topological polar surface area (TPSA) is 147 Å². The van der Waals surface area contributed by atoms with Gasteiger partial charge in [-0.3, -0.25) is 9.59 Å². The summed E-state index contributed by atoms with van der Waals surface area (Å²) in [4.78, 5) is 57.2. The zero-order chi connectivity index (χ0) is 31.0. The number of hydrogen-bond donors (Lipinski definition) is 3. The molecular weight excluding hydrogens is 572 g/mol. The monoisotopic (exact) mass is 610 g/mol. The third-order valence-electron chi connectivity index (χ3n) is 7.50. The highest BCUT2D eigenvalue weighted by molar-refractivity contribution is 7.20. The maximum atomic E-state index is 13.9. The van der Waals surface area contributed by atoms with E-state index in [0.29, 0.717) is 24.9 Å². The lowest BCUT2D eigenvalue weighted by molar-refractivity contribution is -0.181. The number of carbonyl (C=O) groups is 4. The average Bonchev–Trinajstić information content (AvgIpc) is 3.43. The summed E-state index contributed by atoms with van der Waals surface area (Å²) < 4.78 is 12.1. The molecule has 12 heteroatoms. The van der Waals surface area contributed by atoms with E-state index in [1.165, 1.54) is 16.2 Å². The molecule has 2 heterocycles. The summed E-state index contributed by atoms with van der Waals surface area (Å²) in [6.45, 7) is 5.96. The van der Waals surface area contributed by atoms with Gasteiger partial charge in [0, 0.05) is 18.5 Å². The van der Waals surface area contributed by atoms with E-state index in [1.807, 2.05) is 75.4 Å². The molecule has 3 aromatic rings. The lowest BCUT2D eigenvalue weighted by Gasteiger charge is -2.48. The molecule has 0 aliphatic carbocycles. The lowest BCUT2D eigenvalue weighted by Crippen LogP contribution is -2.67. The Labute approximate surface area is 254 Å². The zero-order valence-electron chi connectivity index (χ0n) is 24.6. The van der Waals surface area contributed by atoms with E-state index in [4.69, 9.17) is 9.47 Å². The zero-order valence-corrected chi connectivity index (χ0v) is 25.4. The number of alkyl carbamates (subject to hydrolysis) is 1. The summed E-state index contributed by atoms with van der Waals surface area (Å²) in [7, 11) is 0. The number of ketones is 1. The highest BCUT2D eigenvalue weighted by Gasteiger charge is 2.54. The van der Waals surface area contributed by atoms with E-state index >= 15 is 0 Å². The molecule has 1 aromatic heterocycles. The first-order valence-electron chi connectivity index (χ1n) is 14.3. The predicted octanol–water partition coefficient (Wildman–Crippen LogP) is 4.86. The van der Waals surface area contributed by atoms with Crippen LogP contribution in [-0.4, -0.2) is 76.8 Å². The van der Waals surface area contributed by atoms with Crippen molar-refractivity contribution in [2.45, 2.75) is 58.3 Å². The largest absolute Gasteiger partial charge is 0.465 e. The fraction of sp³-hybridized carbons (Fsp3) is 0.452. The molecule has 0 saturated carbocycles. The van der Waals surface area contributed by atoms with Gasteiger partial charge in [-0.2, -0.15) is 0 Å². The Morgan fingerprint density at radius 3 is 2.51 bits per heavy atom. The molecule has 4 rings (SSSR count). The van der Waals surface area contributed by atoms with Gasteiger partial charge in [0.05, 0.1) is 29.4 Å². The van der Waals surface area contributed by atoms with E-state index in [0.717, 1.165) is 10.3 Å². The van der Waals surface area contributed by atoms with Crippen LogP contribution in [0.3, 0.4) is 0 Å². The second kappa shape index (κ2) is 14.0. The van der Waals surface area contributed by atoms with Crippen molar-refractivity contribution in [1.29, 1.82) is 0 Å². The minimum Gasteiger partial charge on any atom is -0.465 e. The number of nitrogens with zero attached hydrogens (tertiary/aromatic N) is 2. The number of para-hydroxylation sites is 1. The molecule has 3 N–H and O–H groups in total. The van der Waals surface area contributed by atoms with Crippen molar-refractivity contribution >= 4 is 45.4 Å². The SMILES string of the molecule is CC(C)(C)C1(C(=O)N[C@@H](CCCCNC(=O)OCc2ccccc2)C(=O)c2nc3ccccc3s2)CN(C(=O)O)CCO1. The highest BCUT2D eigenvalue weighted by Crippen LogP contribution is 2.37. The first-order chi connectivity index (χ1) is 20.5. The summed E-state index contributed by atoms with van der Waals surface area (Å²) in [5, 5.41) is 15.5. The third-order valence-corrected chi connectivity index (χ3v) is 8.55. The number of ether oxygens (including phenoxy) is 2. The normalized spacial score (nSPS) is 17.7. The number of Topliss-reactive ketones (excluding diaryl/α,β-unsaturated/α-hetero) is 1. The molecule has 1 fully saturated rings. The molecule has 0 spiro atoms. The van der Waals surface area contributed by atoms with Crippen molar-refractivity contribution < 1.29 is 33.8 Å². The molecule has 43 heavy (non-hydrogen) atoms. The number of unbranched alkanes of at least 4 members (excludes halogenated alkanes) is 1. The minimum atomic E-state index is -1.50. The smallest absolute Gasteiger partial charge is 0.407 e. The molecule has 1 unspecified atom stereocenters. The Hall–Kier alpha value is -4.03. The van der Waals surface area contributed by atoms with Gasteiger partial charge in [0.15, 0.2) is 10.6 Å². The highest BCUT2D eigenvalue weighted by atomic mass is 32.1. The second-order valence-electron chi connectivity index (χ2n) is 11.5. The number of amides is 3. The molecule has 0 bridgehead atoms. The molecule has 230 valence electrons. The van der Waals surface area contributed by atoms with Crippen LogP contribution in [0.4, 0.5) is 9.59 Å². The molecule has 11 nitrogen and oxygen atoms in total. The molecule has 1 aliphatic heterocycles. The number of nitrogens with one attached hydrogen (secondary N) is 2. The molecule has 2 aromatic carbocycles. The maximum Gasteiger partial charge on any atom is 0.407 e. The van der Waals surface area contributed by atoms with Gasteiger partial charge in [0.1, 0.15) is 6.61 Å². The third kappa shape index (κ3) is 7.88. The van der Waals surface area contributed by atoms with Crippen molar-refractivity contribution in [3.63, 3.8) is 0 Å². The van der Waals surface area contributed by atoms with Crippen LogP contribution in [-0.2, 0) is 20.9 Å². The van der Waals surface area contributed by atoms with Gasteiger partial charge < -0.3 is 30.1 Å². The minimum absolute atomic E-state index is 0.0551. The predicted molar refractivity (Wildman–Crippen MR) is 162 cm³/mol. The van der Waals surface area contributed by atoms with Crippen molar-refractivity contribution in [3.05, 3.63) is 65.2 Å². The van der Waals surface area contributed by atoms with Crippen molar-refractivity contribution in [2.75, 3.05) is 26.2 Å². The van der Waals surface area contributed by atoms with Crippen LogP contribution >= 0.6 is 11.3 Å². The number of carboxylic acid groups (broad SMARTS) is 1. The Bertz CT molecular complexity index is 1410. The van der Waals surface area contributed by atoms with E-state index in [9.17, 15) is 24.3 Å². The van der Waals surface area contributed by atoms with Crippen LogP contribution in [0.15, 0.2) is 54.6 Å². The number of thiazole rings is 1. The van der Waals surface area contributed by atoms with Crippen molar-refractivity contribution in [1.82, 2.24) is 20.5 Å². The van der Waals surface area contributed by atoms with Crippen LogP contribution in [0, 0.1) is 5.41 Å². The lowest BCUT2D eigenvalue weighted by atomic mass is 9.74. The standard InChI is InChI=1S/C31H38N4O7S/c1-30(2,3)31(20-35(29(39)40)17-18-42-31)27(37)34-23(25(36)26-33-22-13-7-8-15-24(22)43-26)14-9-10-16-32-28(38)41-19-21-11-5-4-6-12-21/h4-8,11-13,15,23H,9-10,14,16-20H2,1-3H3,(H,32,38)(H,34,37)(H,39,40)/t23-,31?/m0/s1. The molecule has 0 radical (unpaired) electrons. The van der Waals surface area contributed by atoms with Gasteiger partial charge in [0.25, 0.3) is 5.91 Å². The average molecular weight is 611 g/mol. The van der Waals surface area contributed by atoms with E-state index in [1.54, 1.807) is 0 Å². The Kier molecular flexibility index (Phi) is 10.4. The van der Waals surface area contributed by atoms with Gasteiger partial charge in [-0.1, -0.05) is 63.2 Å². The number of carbonyl (C=O) groups excluding carboxylic acids is 3. The number of benzene rings is 2. The van der Waals surface area contributed by atoms with Gasteiger partial charge in [-0.05, 0) is 37.0 Å². The first kappa shape index (κ1) is 31.9. The first-order valence-corrected chi connectivity index (χ1v) is 15.1. The van der Waals surface area contributed by atoms with E-state index < -0.39 is 35.2 Å². The quantitative estimate of drug-likeness (QED) is 0.206. The number of aromatic nitrogens is 1. The molecular formula is C31H38N4O7S. The number of morpholine rings is 1. The fourth-order valence-electron chi connectivity index (χ4n) is 4.93. The van der Waals surface area contributed by atoms with Crippen LogP contribution in [0.2, 0.25) is 0 Å². The number of fused-ring (bicyclic) bond motifs is 1. The fourth-order valence-corrected chi connectivity index (χ4v) is 5.89. The van der Waals surface area contributed by atoms with Crippen LogP contribution in [0.25, 0.3) is 10.2 Å². The summed E-state index contributed by atoms with van der Waals surface area (Å²) >= 11 is 1.25. The van der Waals surface area contributed by atoms with Crippen LogP contribution in [0.5, 0.6) is 0 Å². The maximum absolute atomic E-state index is 13.9. The van der Waals surface area contributed by atoms with Gasteiger partial charge >= 0.3 is 12.2 Å². The van der Waals surface area contributed by atoms with Gasteiger partial charge in [-0.25, -0.2) is 14.6 Å². The van der Waals surface area contributed by atoms with Crippen molar-refractivity contribution in [3.8, 4) is 0 Å². The van der Waals surface area contributed by atoms with E-state index in [2.05, 4.69) is 15.6 Å². The number of rotatable bonds is 11. The molecule has 3 amide bonds. The van der Waals surface area contributed by atoms with Crippen LogP contribution < -0.4 is 10.6 Å². The Balaban J connectivity index is 1.43. The number of hydrogen-bond acceptors (Lipinski definition) is 8. The summed E-state index contributed by atoms with van der Waals surface area (Å²) in [6, 6.07) is 15.8. The Morgan fingerprint density at radius 1 is 1.09 bits per heavy atom. The Morgan fingerprint density at radius 2 is 1.81 bits per heavy atom.